The van der Waals surface area contributed by atoms with Crippen LogP contribution in [-0.4, -0.2) is 24.5 Å². The molecule has 0 aliphatic heterocycles. The number of hydrogen-bond donors (Lipinski definition) is 0. The summed E-state index contributed by atoms with van der Waals surface area (Å²) in [6.07, 6.45) is 0.726. The van der Waals surface area contributed by atoms with Crippen LogP contribution in [0.5, 0.6) is 0 Å². The van der Waals surface area contributed by atoms with Crippen molar-refractivity contribution in [2.75, 3.05) is 13.7 Å². The first kappa shape index (κ1) is 22.8. The predicted octanol–water partition coefficient (Wildman–Crippen LogP) is 5.85. The highest BCUT2D eigenvalue weighted by Gasteiger charge is 2.43. The molecule has 3 heteroatoms. The fourth-order valence-corrected chi connectivity index (χ4v) is 4.42. The molecule has 0 aliphatic carbocycles. The normalized spacial score (nSPS) is 13.2. The molecule has 1 atom stereocenters. The molecule has 0 amide bonds. The second-order valence-corrected chi connectivity index (χ2v) is 8.65. The molecule has 31 heavy (non-hydrogen) atoms. The highest BCUT2D eigenvalue weighted by molar-refractivity contribution is 5.83. The molecule has 0 N–H and O–H groups in total. The summed E-state index contributed by atoms with van der Waals surface area (Å²) in [5.41, 5.74) is 2.75. The summed E-state index contributed by atoms with van der Waals surface area (Å²) >= 11 is 0. The number of ether oxygens (including phenoxy) is 1. The summed E-state index contributed by atoms with van der Waals surface area (Å²) in [6, 6.07) is 31.0. The molecule has 0 heterocycles. The highest BCUT2D eigenvalue weighted by Crippen LogP contribution is 2.35. The SMILES string of the molecule is COC(=O)[C@@](CC(C)C)(CN(Cc1ccccc1)Cc1ccccc1)c1ccccc1. The maximum Gasteiger partial charge on any atom is 0.317 e. The number of carbonyl (C=O) groups excluding carboxylic acids is 1. The van der Waals surface area contributed by atoms with E-state index in [1.807, 2.05) is 30.3 Å². The molecule has 0 fully saturated rings. The molecule has 0 radical (unpaired) electrons. The van der Waals surface area contributed by atoms with Crippen LogP contribution in [0.2, 0.25) is 0 Å². The zero-order chi connectivity index (χ0) is 22.1. The molecule has 0 unspecified atom stereocenters. The first-order valence-corrected chi connectivity index (χ1v) is 11.0. The average Bonchev–Trinajstić information content (AvgIpc) is 2.79. The molecule has 0 aromatic heterocycles. The van der Waals surface area contributed by atoms with Gasteiger partial charge in [0.15, 0.2) is 0 Å². The maximum atomic E-state index is 13.4. The van der Waals surface area contributed by atoms with Gasteiger partial charge in [-0.2, -0.15) is 0 Å². The summed E-state index contributed by atoms with van der Waals surface area (Å²) in [6.45, 7) is 6.45. The van der Waals surface area contributed by atoms with Gasteiger partial charge >= 0.3 is 5.97 Å². The number of hydrogen-bond acceptors (Lipinski definition) is 3. The summed E-state index contributed by atoms with van der Waals surface area (Å²) in [5, 5.41) is 0. The van der Waals surface area contributed by atoms with Crippen LogP contribution >= 0.6 is 0 Å². The van der Waals surface area contributed by atoms with Crippen molar-refractivity contribution < 1.29 is 9.53 Å². The number of nitrogens with zero attached hydrogens (tertiary/aromatic N) is 1. The summed E-state index contributed by atoms with van der Waals surface area (Å²) in [4.78, 5) is 15.7. The first-order valence-electron chi connectivity index (χ1n) is 11.0. The van der Waals surface area contributed by atoms with Crippen LogP contribution in [0.1, 0.15) is 37.0 Å². The van der Waals surface area contributed by atoms with Crippen LogP contribution in [0.3, 0.4) is 0 Å². The van der Waals surface area contributed by atoms with Crippen molar-refractivity contribution in [3.05, 3.63) is 108 Å². The van der Waals surface area contributed by atoms with E-state index < -0.39 is 5.41 Å². The lowest BCUT2D eigenvalue weighted by Crippen LogP contribution is -2.48. The van der Waals surface area contributed by atoms with E-state index >= 15 is 0 Å². The number of carbonyl (C=O) groups is 1. The first-order chi connectivity index (χ1) is 15.0. The molecule has 0 saturated carbocycles. The van der Waals surface area contributed by atoms with E-state index in [0.717, 1.165) is 25.1 Å². The van der Waals surface area contributed by atoms with Gasteiger partial charge in [-0.3, -0.25) is 9.69 Å². The Morgan fingerprint density at radius 2 is 1.26 bits per heavy atom. The van der Waals surface area contributed by atoms with Gasteiger partial charge in [-0.25, -0.2) is 0 Å². The molecule has 0 saturated heterocycles. The average molecular weight is 416 g/mol. The van der Waals surface area contributed by atoms with E-state index in [2.05, 4.69) is 79.4 Å². The Morgan fingerprint density at radius 3 is 1.68 bits per heavy atom. The number of rotatable bonds is 10. The third-order valence-electron chi connectivity index (χ3n) is 5.65. The summed E-state index contributed by atoms with van der Waals surface area (Å²) < 4.78 is 5.41. The fraction of sp³-hybridized carbons (Fsp3) is 0.321. The third kappa shape index (κ3) is 6.05. The Morgan fingerprint density at radius 1 is 0.806 bits per heavy atom. The van der Waals surface area contributed by atoms with Crippen molar-refractivity contribution in [3.63, 3.8) is 0 Å². The van der Waals surface area contributed by atoms with Gasteiger partial charge in [0.1, 0.15) is 5.41 Å². The number of benzene rings is 3. The molecular formula is C28H33NO2. The Labute approximate surface area is 186 Å². The lowest BCUT2D eigenvalue weighted by atomic mass is 9.73. The number of methoxy groups -OCH3 is 1. The number of esters is 1. The predicted molar refractivity (Wildman–Crippen MR) is 127 cm³/mol. The van der Waals surface area contributed by atoms with E-state index in [9.17, 15) is 4.79 Å². The van der Waals surface area contributed by atoms with Crippen LogP contribution in [-0.2, 0) is 28.0 Å². The van der Waals surface area contributed by atoms with Gasteiger partial charge < -0.3 is 4.74 Å². The molecule has 3 aromatic rings. The molecule has 3 aromatic carbocycles. The molecule has 3 nitrogen and oxygen atoms in total. The minimum absolute atomic E-state index is 0.168. The molecule has 0 aliphatic rings. The standard InChI is InChI=1S/C28H33NO2/c1-23(2)19-28(27(30)31-3,26-17-11-6-12-18-26)22-29(20-24-13-7-4-8-14-24)21-25-15-9-5-10-16-25/h4-18,23H,19-22H2,1-3H3/t28-/m0/s1. The lowest BCUT2D eigenvalue weighted by Gasteiger charge is -2.38. The van der Waals surface area contributed by atoms with Crippen LogP contribution < -0.4 is 0 Å². The maximum absolute atomic E-state index is 13.4. The van der Waals surface area contributed by atoms with E-state index in [4.69, 9.17) is 4.74 Å². The van der Waals surface area contributed by atoms with E-state index in [1.165, 1.54) is 18.2 Å². The van der Waals surface area contributed by atoms with Crippen LogP contribution in [0.25, 0.3) is 0 Å². The monoisotopic (exact) mass is 415 g/mol. The Hall–Kier alpha value is -2.91. The second kappa shape index (κ2) is 10.9. The van der Waals surface area contributed by atoms with Gasteiger partial charge in [0.05, 0.1) is 7.11 Å². The fourth-order valence-electron chi connectivity index (χ4n) is 4.42. The van der Waals surface area contributed by atoms with Crippen molar-refractivity contribution in [1.29, 1.82) is 0 Å². The minimum atomic E-state index is -0.728. The van der Waals surface area contributed by atoms with Crippen molar-refractivity contribution in [3.8, 4) is 0 Å². The van der Waals surface area contributed by atoms with Crippen molar-refractivity contribution in [2.45, 2.75) is 38.8 Å². The minimum Gasteiger partial charge on any atom is -0.468 e. The Bertz CT molecular complexity index is 884. The zero-order valence-electron chi connectivity index (χ0n) is 18.8. The Balaban J connectivity index is 2.02. The summed E-state index contributed by atoms with van der Waals surface area (Å²) in [5.74, 6) is 0.174. The second-order valence-electron chi connectivity index (χ2n) is 8.65. The van der Waals surface area contributed by atoms with Crippen LogP contribution in [0.4, 0.5) is 0 Å². The highest BCUT2D eigenvalue weighted by atomic mass is 16.5. The largest absolute Gasteiger partial charge is 0.468 e. The quantitative estimate of drug-likeness (QED) is 0.389. The van der Waals surface area contributed by atoms with Gasteiger partial charge in [0.2, 0.25) is 0 Å². The third-order valence-corrected chi connectivity index (χ3v) is 5.65. The van der Waals surface area contributed by atoms with Crippen LogP contribution in [0.15, 0.2) is 91.0 Å². The van der Waals surface area contributed by atoms with Crippen molar-refractivity contribution in [2.24, 2.45) is 5.92 Å². The smallest absolute Gasteiger partial charge is 0.317 e. The summed E-state index contributed by atoms with van der Waals surface area (Å²) in [7, 11) is 1.50. The molecule has 0 spiro atoms. The van der Waals surface area contributed by atoms with Gasteiger partial charge in [-0.05, 0) is 29.0 Å². The molecule has 3 rings (SSSR count). The zero-order valence-corrected chi connectivity index (χ0v) is 18.8. The molecular weight excluding hydrogens is 382 g/mol. The van der Waals surface area contributed by atoms with Gasteiger partial charge in [-0.1, -0.05) is 105 Å². The Kier molecular flexibility index (Phi) is 8.02. The van der Waals surface area contributed by atoms with Gasteiger partial charge in [0, 0.05) is 19.6 Å². The van der Waals surface area contributed by atoms with Crippen molar-refractivity contribution >= 4 is 5.97 Å². The topological polar surface area (TPSA) is 29.5 Å². The lowest BCUT2D eigenvalue weighted by molar-refractivity contribution is -0.149. The molecule has 0 bridgehead atoms. The van der Waals surface area contributed by atoms with E-state index in [1.54, 1.807) is 0 Å². The van der Waals surface area contributed by atoms with Gasteiger partial charge in [-0.15, -0.1) is 0 Å². The van der Waals surface area contributed by atoms with Gasteiger partial charge in [0.25, 0.3) is 0 Å². The van der Waals surface area contributed by atoms with Crippen LogP contribution in [0, 0.1) is 5.92 Å². The molecule has 162 valence electrons. The van der Waals surface area contributed by atoms with E-state index in [-0.39, 0.29) is 5.97 Å². The van der Waals surface area contributed by atoms with E-state index in [0.29, 0.717) is 12.5 Å². The van der Waals surface area contributed by atoms with Crippen molar-refractivity contribution in [1.82, 2.24) is 4.90 Å².